The number of nitrogens with one attached hydrogen (secondary N) is 1. The van der Waals surface area contributed by atoms with Crippen molar-refractivity contribution in [3.8, 4) is 0 Å². The molecule has 0 amide bonds. The van der Waals surface area contributed by atoms with E-state index in [2.05, 4.69) is 20.2 Å². The lowest BCUT2D eigenvalue weighted by Crippen LogP contribution is -2.39. The molecule has 5 nitrogen and oxygen atoms in total. The van der Waals surface area contributed by atoms with Gasteiger partial charge in [-0.3, -0.25) is 4.90 Å². The van der Waals surface area contributed by atoms with E-state index in [1.54, 1.807) is 0 Å². The van der Waals surface area contributed by atoms with Crippen LogP contribution in [0, 0.1) is 6.92 Å². The SMILES string of the molecule is Cc1ccnc(NC2CCN(C3CCOCC3)C2)n1. The van der Waals surface area contributed by atoms with Crippen molar-refractivity contribution in [2.45, 2.75) is 38.3 Å². The summed E-state index contributed by atoms with van der Waals surface area (Å²) in [5.74, 6) is 0.763. The topological polar surface area (TPSA) is 50.3 Å². The summed E-state index contributed by atoms with van der Waals surface area (Å²) in [6, 6.07) is 3.11. The maximum Gasteiger partial charge on any atom is 0.223 e. The van der Waals surface area contributed by atoms with Crippen LogP contribution < -0.4 is 5.32 Å². The Hall–Kier alpha value is -1.20. The molecule has 19 heavy (non-hydrogen) atoms. The zero-order valence-electron chi connectivity index (χ0n) is 11.5. The summed E-state index contributed by atoms with van der Waals surface area (Å²) in [5.41, 5.74) is 1.01. The predicted molar refractivity (Wildman–Crippen MR) is 74.2 cm³/mol. The lowest BCUT2D eigenvalue weighted by molar-refractivity contribution is 0.0421. The number of aromatic nitrogens is 2. The highest BCUT2D eigenvalue weighted by Crippen LogP contribution is 2.21. The first-order valence-corrected chi connectivity index (χ1v) is 7.19. The lowest BCUT2D eigenvalue weighted by Gasteiger charge is -2.31. The Kier molecular flexibility index (Phi) is 3.94. The summed E-state index contributed by atoms with van der Waals surface area (Å²) in [6.45, 7) is 6.10. The smallest absolute Gasteiger partial charge is 0.223 e. The monoisotopic (exact) mass is 262 g/mol. The highest BCUT2D eigenvalue weighted by atomic mass is 16.5. The van der Waals surface area contributed by atoms with Gasteiger partial charge < -0.3 is 10.1 Å². The van der Waals surface area contributed by atoms with E-state index in [9.17, 15) is 0 Å². The maximum absolute atomic E-state index is 5.43. The van der Waals surface area contributed by atoms with Crippen LogP contribution in [0.5, 0.6) is 0 Å². The highest BCUT2D eigenvalue weighted by molar-refractivity contribution is 5.27. The van der Waals surface area contributed by atoms with Gasteiger partial charge >= 0.3 is 0 Å². The Balaban J connectivity index is 1.54. The number of rotatable bonds is 3. The van der Waals surface area contributed by atoms with Crippen molar-refractivity contribution in [1.82, 2.24) is 14.9 Å². The summed E-state index contributed by atoms with van der Waals surface area (Å²) in [6.07, 6.45) is 5.34. The van der Waals surface area contributed by atoms with Crippen molar-refractivity contribution in [3.63, 3.8) is 0 Å². The first-order valence-electron chi connectivity index (χ1n) is 7.19. The van der Waals surface area contributed by atoms with Crippen LogP contribution in [-0.4, -0.2) is 53.3 Å². The Bertz CT molecular complexity index is 420. The van der Waals surface area contributed by atoms with E-state index in [1.165, 1.54) is 25.8 Å². The van der Waals surface area contributed by atoms with E-state index in [-0.39, 0.29) is 0 Å². The number of hydrogen-bond donors (Lipinski definition) is 1. The van der Waals surface area contributed by atoms with Crippen LogP contribution in [0.1, 0.15) is 25.0 Å². The van der Waals surface area contributed by atoms with Crippen LogP contribution >= 0.6 is 0 Å². The van der Waals surface area contributed by atoms with Gasteiger partial charge in [0.25, 0.3) is 0 Å². The van der Waals surface area contributed by atoms with Gasteiger partial charge in [0.2, 0.25) is 5.95 Å². The predicted octanol–water partition coefficient (Wildman–Crippen LogP) is 1.45. The fourth-order valence-corrected chi connectivity index (χ4v) is 2.99. The number of likely N-dealkylation sites (tertiary alicyclic amines) is 1. The molecule has 1 atom stereocenters. The summed E-state index contributed by atoms with van der Waals surface area (Å²) in [4.78, 5) is 11.3. The second-order valence-corrected chi connectivity index (χ2v) is 5.49. The quantitative estimate of drug-likeness (QED) is 0.893. The first-order chi connectivity index (χ1) is 9.31. The number of anilines is 1. The summed E-state index contributed by atoms with van der Waals surface area (Å²) >= 11 is 0. The molecule has 1 unspecified atom stereocenters. The Morgan fingerprint density at radius 2 is 2.16 bits per heavy atom. The van der Waals surface area contributed by atoms with Gasteiger partial charge in [-0.2, -0.15) is 0 Å². The van der Waals surface area contributed by atoms with Gasteiger partial charge in [0.15, 0.2) is 0 Å². The number of hydrogen-bond acceptors (Lipinski definition) is 5. The van der Waals surface area contributed by atoms with Gasteiger partial charge in [0.05, 0.1) is 0 Å². The van der Waals surface area contributed by atoms with Crippen LogP contribution in [0.2, 0.25) is 0 Å². The molecule has 3 rings (SSSR count). The second kappa shape index (κ2) is 5.84. The van der Waals surface area contributed by atoms with E-state index in [0.717, 1.165) is 31.4 Å². The molecule has 2 fully saturated rings. The van der Waals surface area contributed by atoms with Crippen LogP contribution in [0.15, 0.2) is 12.3 Å². The zero-order chi connectivity index (χ0) is 13.1. The molecule has 0 aliphatic carbocycles. The molecule has 1 N–H and O–H groups in total. The minimum absolute atomic E-state index is 0.477. The van der Waals surface area contributed by atoms with Gasteiger partial charge in [-0.1, -0.05) is 0 Å². The summed E-state index contributed by atoms with van der Waals surface area (Å²) in [5, 5.41) is 3.46. The Morgan fingerprint density at radius 1 is 1.32 bits per heavy atom. The van der Waals surface area contributed by atoms with Crippen molar-refractivity contribution in [3.05, 3.63) is 18.0 Å². The van der Waals surface area contributed by atoms with Gasteiger partial charge in [-0.25, -0.2) is 9.97 Å². The van der Waals surface area contributed by atoms with Crippen LogP contribution in [0.4, 0.5) is 5.95 Å². The minimum atomic E-state index is 0.477. The standard InChI is InChI=1S/C14H22N4O/c1-11-2-6-15-14(16-11)17-12-3-7-18(10-12)13-4-8-19-9-5-13/h2,6,12-13H,3-5,7-10H2,1H3,(H,15,16,17). The van der Waals surface area contributed by atoms with Crippen LogP contribution in [-0.2, 0) is 4.74 Å². The number of nitrogens with zero attached hydrogens (tertiary/aromatic N) is 3. The molecule has 3 heterocycles. The minimum Gasteiger partial charge on any atom is -0.381 e. The molecule has 0 bridgehead atoms. The van der Waals surface area contributed by atoms with Crippen molar-refractivity contribution in [1.29, 1.82) is 0 Å². The maximum atomic E-state index is 5.43. The fraction of sp³-hybridized carbons (Fsp3) is 0.714. The van der Waals surface area contributed by atoms with Gasteiger partial charge in [0, 0.05) is 50.3 Å². The lowest BCUT2D eigenvalue weighted by atomic mass is 10.1. The highest BCUT2D eigenvalue weighted by Gasteiger charge is 2.29. The molecule has 0 radical (unpaired) electrons. The summed E-state index contributed by atoms with van der Waals surface area (Å²) < 4.78 is 5.43. The molecule has 0 saturated carbocycles. The zero-order valence-corrected chi connectivity index (χ0v) is 11.5. The average molecular weight is 262 g/mol. The van der Waals surface area contributed by atoms with Crippen LogP contribution in [0.25, 0.3) is 0 Å². The second-order valence-electron chi connectivity index (χ2n) is 5.49. The van der Waals surface area contributed by atoms with Gasteiger partial charge in [-0.05, 0) is 32.3 Å². The molecule has 2 aliphatic rings. The third kappa shape index (κ3) is 3.22. The first kappa shape index (κ1) is 12.8. The van der Waals surface area contributed by atoms with E-state index in [4.69, 9.17) is 4.74 Å². The summed E-state index contributed by atoms with van der Waals surface area (Å²) in [7, 11) is 0. The molecule has 1 aromatic heterocycles. The van der Waals surface area contributed by atoms with Crippen LogP contribution in [0.3, 0.4) is 0 Å². The molecule has 104 valence electrons. The molecular weight excluding hydrogens is 240 g/mol. The largest absolute Gasteiger partial charge is 0.381 e. The molecule has 2 saturated heterocycles. The molecule has 5 heteroatoms. The van der Waals surface area contributed by atoms with E-state index in [0.29, 0.717) is 12.1 Å². The fourth-order valence-electron chi connectivity index (χ4n) is 2.99. The normalized spacial score (nSPS) is 25.6. The molecular formula is C14H22N4O. The van der Waals surface area contributed by atoms with Crippen molar-refractivity contribution in [2.24, 2.45) is 0 Å². The molecule has 2 aliphatic heterocycles. The Labute approximate surface area is 114 Å². The number of ether oxygens (including phenoxy) is 1. The number of aryl methyl sites for hydroxylation is 1. The van der Waals surface area contributed by atoms with E-state index >= 15 is 0 Å². The van der Waals surface area contributed by atoms with Crippen molar-refractivity contribution >= 4 is 5.95 Å². The third-order valence-corrected chi connectivity index (χ3v) is 4.05. The van der Waals surface area contributed by atoms with Gasteiger partial charge in [0.1, 0.15) is 0 Å². The third-order valence-electron chi connectivity index (χ3n) is 4.05. The molecule has 1 aromatic rings. The molecule has 0 spiro atoms. The van der Waals surface area contributed by atoms with Crippen molar-refractivity contribution < 1.29 is 4.74 Å². The molecule has 0 aromatic carbocycles. The Morgan fingerprint density at radius 3 is 2.95 bits per heavy atom. The van der Waals surface area contributed by atoms with Crippen molar-refractivity contribution in [2.75, 3.05) is 31.6 Å². The average Bonchev–Trinajstić information content (AvgIpc) is 2.88. The van der Waals surface area contributed by atoms with E-state index in [1.807, 2.05) is 19.2 Å². The van der Waals surface area contributed by atoms with E-state index < -0.39 is 0 Å². The van der Waals surface area contributed by atoms with Gasteiger partial charge in [-0.15, -0.1) is 0 Å².